The molecule has 0 aliphatic rings. The summed E-state index contributed by atoms with van der Waals surface area (Å²) in [4.78, 5) is 10.8. The van der Waals surface area contributed by atoms with Crippen molar-refractivity contribution in [1.82, 2.24) is 0 Å². The van der Waals surface area contributed by atoms with Gasteiger partial charge in [0.2, 0.25) is 0 Å². The summed E-state index contributed by atoms with van der Waals surface area (Å²) in [5.41, 5.74) is 0. The minimum atomic E-state index is -1.17. The second-order valence-corrected chi connectivity index (χ2v) is 4.93. The Morgan fingerprint density at radius 1 is 1.25 bits per heavy atom. The van der Waals surface area contributed by atoms with Gasteiger partial charge in [-0.1, -0.05) is 0 Å². The molecule has 0 spiro atoms. The number of carboxylic acid groups (broad SMARTS) is 1. The van der Waals surface area contributed by atoms with Gasteiger partial charge in [-0.3, -0.25) is 9.00 Å². The summed E-state index contributed by atoms with van der Waals surface area (Å²) in [5.74, 6) is -0.780. The van der Waals surface area contributed by atoms with Gasteiger partial charge in [-0.2, -0.15) is 0 Å². The molecule has 0 aliphatic heterocycles. The third-order valence-corrected chi connectivity index (χ3v) is 3.50. The van der Waals surface area contributed by atoms with Gasteiger partial charge in [0.05, 0.1) is 10.8 Å². The number of hydrogen-bond donors (Lipinski definition) is 1. The molecule has 0 saturated heterocycles. The standard InChI is InChI=1S/C11H13FO3S/c12-9-4-6-10(7-5-9)16(15)8-2-1-3-11(13)14/h4-7H,1-3,8H2,(H,13,14). The van der Waals surface area contributed by atoms with Crippen molar-refractivity contribution >= 4 is 16.8 Å². The van der Waals surface area contributed by atoms with E-state index in [2.05, 4.69) is 0 Å². The SMILES string of the molecule is O=C(O)CCCCS(=O)c1ccc(F)cc1. The van der Waals surface area contributed by atoms with Gasteiger partial charge in [0.1, 0.15) is 5.82 Å². The highest BCUT2D eigenvalue weighted by atomic mass is 32.2. The molecule has 0 aliphatic carbocycles. The zero-order chi connectivity index (χ0) is 12.0. The quantitative estimate of drug-likeness (QED) is 0.780. The number of rotatable bonds is 6. The van der Waals surface area contributed by atoms with Crippen LogP contribution in [0, 0.1) is 5.82 Å². The number of aliphatic carboxylic acids is 1. The molecule has 3 nitrogen and oxygen atoms in total. The average Bonchev–Trinajstić information content (AvgIpc) is 2.25. The Labute approximate surface area is 95.8 Å². The molecule has 1 N–H and O–H groups in total. The first-order valence-corrected chi connectivity index (χ1v) is 6.27. The van der Waals surface area contributed by atoms with Crippen LogP contribution >= 0.6 is 0 Å². The van der Waals surface area contributed by atoms with Crippen LogP contribution < -0.4 is 0 Å². The van der Waals surface area contributed by atoms with Gasteiger partial charge in [-0.25, -0.2) is 4.39 Å². The maximum absolute atomic E-state index is 12.6. The lowest BCUT2D eigenvalue weighted by Crippen LogP contribution is -2.00. The summed E-state index contributed by atoms with van der Waals surface area (Å²) in [6, 6.07) is 5.51. The van der Waals surface area contributed by atoms with Gasteiger partial charge < -0.3 is 5.11 Å². The van der Waals surface area contributed by atoms with Crippen LogP contribution in [0.2, 0.25) is 0 Å². The molecule has 1 aromatic carbocycles. The number of halogens is 1. The van der Waals surface area contributed by atoms with Gasteiger partial charge in [0.15, 0.2) is 0 Å². The first-order chi connectivity index (χ1) is 7.59. The smallest absolute Gasteiger partial charge is 0.303 e. The van der Waals surface area contributed by atoms with E-state index in [0.717, 1.165) is 0 Å². The molecule has 1 unspecified atom stereocenters. The molecule has 0 saturated carbocycles. The first kappa shape index (κ1) is 12.8. The normalized spacial score (nSPS) is 12.3. The largest absolute Gasteiger partial charge is 0.481 e. The van der Waals surface area contributed by atoms with Gasteiger partial charge in [0, 0.05) is 17.1 Å². The van der Waals surface area contributed by atoms with Gasteiger partial charge in [-0.15, -0.1) is 0 Å². The van der Waals surface area contributed by atoms with E-state index in [-0.39, 0.29) is 12.2 Å². The monoisotopic (exact) mass is 244 g/mol. The van der Waals surface area contributed by atoms with Crippen LogP contribution in [0.1, 0.15) is 19.3 Å². The van der Waals surface area contributed by atoms with Crippen molar-refractivity contribution in [3.63, 3.8) is 0 Å². The van der Waals surface area contributed by atoms with E-state index >= 15 is 0 Å². The van der Waals surface area contributed by atoms with Crippen LogP contribution in [-0.2, 0) is 15.6 Å². The number of carboxylic acids is 1. The first-order valence-electron chi connectivity index (χ1n) is 4.95. The van der Waals surface area contributed by atoms with Gasteiger partial charge in [0.25, 0.3) is 0 Å². The lowest BCUT2D eigenvalue weighted by atomic mass is 10.2. The Morgan fingerprint density at radius 3 is 2.44 bits per heavy atom. The number of hydrogen-bond acceptors (Lipinski definition) is 2. The van der Waals surface area contributed by atoms with Crippen LogP contribution in [0.4, 0.5) is 4.39 Å². The third kappa shape index (κ3) is 4.53. The Balaban J connectivity index is 2.35. The van der Waals surface area contributed by atoms with Crippen molar-refractivity contribution in [3.05, 3.63) is 30.1 Å². The minimum Gasteiger partial charge on any atom is -0.481 e. The fraction of sp³-hybridized carbons (Fsp3) is 0.364. The third-order valence-electron chi connectivity index (χ3n) is 2.05. The molecule has 0 bridgehead atoms. The zero-order valence-electron chi connectivity index (χ0n) is 8.69. The highest BCUT2D eigenvalue weighted by molar-refractivity contribution is 7.85. The van der Waals surface area contributed by atoms with Gasteiger partial charge in [-0.05, 0) is 37.1 Å². The Bertz CT molecular complexity index is 375. The topological polar surface area (TPSA) is 54.4 Å². The van der Waals surface area contributed by atoms with Crippen molar-refractivity contribution in [2.45, 2.75) is 24.2 Å². The summed E-state index contributed by atoms with van der Waals surface area (Å²) in [7, 11) is -1.17. The fourth-order valence-corrected chi connectivity index (χ4v) is 2.36. The highest BCUT2D eigenvalue weighted by Gasteiger charge is 2.04. The van der Waals surface area contributed by atoms with Crippen molar-refractivity contribution in [2.75, 3.05) is 5.75 Å². The molecule has 1 aromatic rings. The van der Waals surface area contributed by atoms with E-state index < -0.39 is 16.8 Å². The summed E-state index contributed by atoms with van der Waals surface area (Å²) in [6.45, 7) is 0. The van der Waals surface area contributed by atoms with E-state index in [1.165, 1.54) is 24.3 Å². The molecule has 1 atom stereocenters. The fourth-order valence-electron chi connectivity index (χ4n) is 1.21. The molecule has 0 amide bonds. The number of benzene rings is 1. The van der Waals surface area contributed by atoms with Crippen LogP contribution in [0.25, 0.3) is 0 Å². The van der Waals surface area contributed by atoms with Crippen molar-refractivity contribution in [1.29, 1.82) is 0 Å². The van der Waals surface area contributed by atoms with Crippen LogP contribution in [0.15, 0.2) is 29.2 Å². The molecular formula is C11H13FO3S. The lowest BCUT2D eigenvalue weighted by molar-refractivity contribution is -0.137. The number of carbonyl (C=O) groups is 1. The summed E-state index contributed by atoms with van der Waals surface area (Å²) in [5, 5.41) is 8.41. The molecule has 0 fully saturated rings. The summed E-state index contributed by atoms with van der Waals surface area (Å²) in [6.07, 6.45) is 1.21. The van der Waals surface area contributed by atoms with E-state index in [9.17, 15) is 13.4 Å². The Morgan fingerprint density at radius 2 is 1.88 bits per heavy atom. The second-order valence-electron chi connectivity index (χ2n) is 3.35. The van der Waals surface area contributed by atoms with E-state index in [1.54, 1.807) is 0 Å². The second kappa shape index (κ2) is 6.37. The molecule has 5 heteroatoms. The van der Waals surface area contributed by atoms with Crippen molar-refractivity contribution < 1.29 is 18.5 Å². The molecule has 0 aromatic heterocycles. The maximum atomic E-state index is 12.6. The molecule has 88 valence electrons. The Hall–Kier alpha value is -1.23. The Kier molecular flexibility index (Phi) is 5.11. The molecule has 0 radical (unpaired) electrons. The number of unbranched alkanes of at least 4 members (excludes halogenated alkanes) is 1. The summed E-state index contributed by atoms with van der Waals surface area (Å²) < 4.78 is 24.2. The molecule has 0 heterocycles. The van der Waals surface area contributed by atoms with E-state index in [0.29, 0.717) is 23.5 Å². The van der Waals surface area contributed by atoms with Gasteiger partial charge >= 0.3 is 5.97 Å². The van der Waals surface area contributed by atoms with E-state index in [1.807, 2.05) is 0 Å². The summed E-state index contributed by atoms with van der Waals surface area (Å²) >= 11 is 0. The van der Waals surface area contributed by atoms with E-state index in [4.69, 9.17) is 5.11 Å². The van der Waals surface area contributed by atoms with Crippen LogP contribution in [0.5, 0.6) is 0 Å². The minimum absolute atomic E-state index is 0.0978. The lowest BCUT2D eigenvalue weighted by Gasteiger charge is -2.01. The molecule has 16 heavy (non-hydrogen) atoms. The predicted octanol–water partition coefficient (Wildman–Crippen LogP) is 2.19. The maximum Gasteiger partial charge on any atom is 0.303 e. The van der Waals surface area contributed by atoms with Crippen LogP contribution in [0.3, 0.4) is 0 Å². The van der Waals surface area contributed by atoms with Crippen LogP contribution in [-0.4, -0.2) is 21.0 Å². The zero-order valence-corrected chi connectivity index (χ0v) is 9.50. The molecular weight excluding hydrogens is 231 g/mol. The van der Waals surface area contributed by atoms with Crippen molar-refractivity contribution in [3.8, 4) is 0 Å². The molecule has 1 rings (SSSR count). The predicted molar refractivity (Wildman–Crippen MR) is 59.2 cm³/mol. The van der Waals surface area contributed by atoms with Crippen molar-refractivity contribution in [2.24, 2.45) is 0 Å². The average molecular weight is 244 g/mol. The highest BCUT2D eigenvalue weighted by Crippen LogP contribution is 2.10.